The largest absolute Gasteiger partial charge is 0.481 e. The Morgan fingerprint density at radius 3 is 2.47 bits per heavy atom. The molecule has 1 unspecified atom stereocenters. The Balaban J connectivity index is 2.06. The molecule has 0 saturated carbocycles. The first-order valence-corrected chi connectivity index (χ1v) is 7.04. The van der Waals surface area contributed by atoms with Gasteiger partial charge in [0.05, 0.1) is 5.41 Å². The number of nitrogens with zero attached hydrogens (tertiary/aromatic N) is 1. The molecule has 19 heavy (non-hydrogen) atoms. The minimum atomic E-state index is -0.683. The van der Waals surface area contributed by atoms with Crippen LogP contribution in [0.1, 0.15) is 38.3 Å². The normalized spacial score (nSPS) is 21.0. The summed E-state index contributed by atoms with van der Waals surface area (Å²) in [5, 5.41) is 10.0. The molecule has 1 saturated heterocycles. The minimum absolute atomic E-state index is 0.229. The maximum Gasteiger partial charge on any atom is 0.309 e. The molecule has 0 aliphatic carbocycles. The summed E-state index contributed by atoms with van der Waals surface area (Å²) in [5.74, 6) is -0.683. The van der Waals surface area contributed by atoms with Crippen molar-refractivity contribution in [2.45, 2.75) is 32.7 Å². The highest BCUT2D eigenvalue weighted by Crippen LogP contribution is 2.36. The van der Waals surface area contributed by atoms with E-state index in [-0.39, 0.29) is 6.04 Å². The van der Waals surface area contributed by atoms with Gasteiger partial charge in [0.15, 0.2) is 0 Å². The zero-order valence-corrected chi connectivity index (χ0v) is 12.2. The van der Waals surface area contributed by atoms with E-state index in [0.29, 0.717) is 12.8 Å². The van der Waals surface area contributed by atoms with Crippen LogP contribution < -0.4 is 0 Å². The molecule has 4 heteroatoms. The van der Waals surface area contributed by atoms with Crippen molar-refractivity contribution in [1.82, 2.24) is 4.90 Å². The predicted molar refractivity (Wildman–Crippen MR) is 76.4 cm³/mol. The highest BCUT2D eigenvalue weighted by Gasteiger charge is 2.38. The predicted octanol–water partition coefficient (Wildman–Crippen LogP) is 3.59. The molecule has 1 heterocycles. The third-order valence-electron chi connectivity index (χ3n) is 4.32. The molecule has 1 aromatic carbocycles. The molecule has 0 radical (unpaired) electrons. The van der Waals surface area contributed by atoms with E-state index in [1.165, 1.54) is 0 Å². The van der Waals surface area contributed by atoms with Crippen molar-refractivity contribution < 1.29 is 9.90 Å². The summed E-state index contributed by atoms with van der Waals surface area (Å²) < 4.78 is 0. The second-order valence-corrected chi connectivity index (χ2v) is 6.01. The highest BCUT2D eigenvalue weighted by molar-refractivity contribution is 6.31. The van der Waals surface area contributed by atoms with Crippen LogP contribution in [0, 0.1) is 5.41 Å². The van der Waals surface area contributed by atoms with Gasteiger partial charge in [-0.15, -0.1) is 0 Å². The molecule has 1 fully saturated rings. The first-order chi connectivity index (χ1) is 8.94. The van der Waals surface area contributed by atoms with Gasteiger partial charge in [0.2, 0.25) is 0 Å². The second-order valence-electron chi connectivity index (χ2n) is 5.60. The summed E-state index contributed by atoms with van der Waals surface area (Å²) >= 11 is 6.22. The molecular formula is C15H20ClNO2. The van der Waals surface area contributed by atoms with Crippen molar-refractivity contribution >= 4 is 17.6 Å². The average molecular weight is 282 g/mol. The zero-order valence-electron chi connectivity index (χ0n) is 11.4. The summed E-state index contributed by atoms with van der Waals surface area (Å²) in [6.45, 7) is 5.57. The molecule has 0 bridgehead atoms. The van der Waals surface area contributed by atoms with Crippen molar-refractivity contribution in [3.8, 4) is 0 Å². The third-order valence-corrected chi connectivity index (χ3v) is 4.67. The average Bonchev–Trinajstić information content (AvgIpc) is 2.39. The number of benzene rings is 1. The Bertz CT molecular complexity index is 467. The molecule has 1 N–H and O–H groups in total. The lowest BCUT2D eigenvalue weighted by atomic mass is 9.80. The number of rotatable bonds is 3. The summed E-state index contributed by atoms with van der Waals surface area (Å²) in [6.07, 6.45) is 1.38. The van der Waals surface area contributed by atoms with E-state index in [1.807, 2.05) is 31.2 Å². The number of piperidine rings is 1. The molecule has 2 rings (SSSR count). The number of halogens is 1. The Kier molecular flexibility index (Phi) is 4.16. The van der Waals surface area contributed by atoms with Crippen LogP contribution in [-0.2, 0) is 4.79 Å². The quantitative estimate of drug-likeness (QED) is 0.920. The molecule has 0 aromatic heterocycles. The van der Waals surface area contributed by atoms with Crippen LogP contribution in [0.25, 0.3) is 0 Å². The number of aliphatic carboxylic acids is 1. The van der Waals surface area contributed by atoms with Gasteiger partial charge in [0.25, 0.3) is 0 Å². The third kappa shape index (κ3) is 2.93. The van der Waals surface area contributed by atoms with Crippen molar-refractivity contribution in [2.24, 2.45) is 5.41 Å². The van der Waals surface area contributed by atoms with Crippen LogP contribution in [0.15, 0.2) is 24.3 Å². The molecule has 1 atom stereocenters. The van der Waals surface area contributed by atoms with Gasteiger partial charge in [0.1, 0.15) is 0 Å². The van der Waals surface area contributed by atoms with Crippen molar-refractivity contribution in [1.29, 1.82) is 0 Å². The molecule has 1 aromatic rings. The first kappa shape index (κ1) is 14.4. The SMILES string of the molecule is CC(c1ccccc1Cl)N1CCC(C)(C(=O)O)CC1. The summed E-state index contributed by atoms with van der Waals surface area (Å²) in [6, 6.07) is 8.09. The number of carboxylic acids is 1. The fraction of sp³-hybridized carbons (Fsp3) is 0.533. The van der Waals surface area contributed by atoms with Gasteiger partial charge in [-0.2, -0.15) is 0 Å². The van der Waals surface area contributed by atoms with Gasteiger partial charge < -0.3 is 5.11 Å². The van der Waals surface area contributed by atoms with E-state index in [1.54, 1.807) is 0 Å². The molecule has 0 spiro atoms. The van der Waals surface area contributed by atoms with E-state index in [0.717, 1.165) is 23.7 Å². The Labute approximate surface area is 119 Å². The lowest BCUT2D eigenvalue weighted by molar-refractivity contribution is -0.151. The van der Waals surface area contributed by atoms with Crippen molar-refractivity contribution in [2.75, 3.05) is 13.1 Å². The summed E-state index contributed by atoms with van der Waals surface area (Å²) in [7, 11) is 0. The molecule has 3 nitrogen and oxygen atoms in total. The number of carboxylic acid groups (broad SMARTS) is 1. The number of likely N-dealkylation sites (tertiary alicyclic amines) is 1. The van der Waals surface area contributed by atoms with Crippen LogP contribution in [0.5, 0.6) is 0 Å². The number of carbonyl (C=O) groups is 1. The van der Waals surface area contributed by atoms with E-state index >= 15 is 0 Å². The van der Waals surface area contributed by atoms with E-state index in [9.17, 15) is 9.90 Å². The molecule has 1 aliphatic rings. The smallest absolute Gasteiger partial charge is 0.309 e. The van der Waals surface area contributed by atoms with Crippen molar-refractivity contribution in [3.05, 3.63) is 34.9 Å². The van der Waals surface area contributed by atoms with Crippen molar-refractivity contribution in [3.63, 3.8) is 0 Å². The minimum Gasteiger partial charge on any atom is -0.481 e. The Hall–Kier alpha value is -1.06. The van der Waals surface area contributed by atoms with Gasteiger partial charge in [-0.3, -0.25) is 9.69 Å². The summed E-state index contributed by atoms with van der Waals surface area (Å²) in [4.78, 5) is 13.5. The van der Waals surface area contributed by atoms with E-state index < -0.39 is 11.4 Å². The maximum atomic E-state index is 11.2. The van der Waals surface area contributed by atoms with Crippen LogP contribution >= 0.6 is 11.6 Å². The maximum absolute atomic E-state index is 11.2. The van der Waals surface area contributed by atoms with Crippen LogP contribution in [-0.4, -0.2) is 29.1 Å². The van der Waals surface area contributed by atoms with Crippen LogP contribution in [0.4, 0.5) is 0 Å². The van der Waals surface area contributed by atoms with Gasteiger partial charge in [-0.05, 0) is 51.4 Å². The lowest BCUT2D eigenvalue weighted by Crippen LogP contribution is -2.43. The fourth-order valence-corrected chi connectivity index (χ4v) is 2.92. The van der Waals surface area contributed by atoms with Crippen LogP contribution in [0.2, 0.25) is 5.02 Å². The topological polar surface area (TPSA) is 40.5 Å². The molecular weight excluding hydrogens is 262 g/mol. The Morgan fingerprint density at radius 2 is 1.95 bits per heavy atom. The van der Waals surface area contributed by atoms with Gasteiger partial charge in [-0.1, -0.05) is 29.8 Å². The fourth-order valence-electron chi connectivity index (χ4n) is 2.63. The van der Waals surface area contributed by atoms with E-state index in [4.69, 9.17) is 11.6 Å². The lowest BCUT2D eigenvalue weighted by Gasteiger charge is -2.39. The molecule has 0 amide bonds. The first-order valence-electron chi connectivity index (χ1n) is 6.66. The van der Waals surface area contributed by atoms with E-state index in [2.05, 4.69) is 11.8 Å². The number of hydrogen-bond acceptors (Lipinski definition) is 2. The number of hydrogen-bond donors (Lipinski definition) is 1. The zero-order chi connectivity index (χ0) is 14.0. The highest BCUT2D eigenvalue weighted by atomic mass is 35.5. The van der Waals surface area contributed by atoms with Gasteiger partial charge >= 0.3 is 5.97 Å². The standard InChI is InChI=1S/C15H20ClNO2/c1-11(12-5-3-4-6-13(12)16)17-9-7-15(2,8-10-17)14(18)19/h3-6,11H,7-10H2,1-2H3,(H,18,19). The monoisotopic (exact) mass is 281 g/mol. The van der Waals surface area contributed by atoms with Gasteiger partial charge in [-0.25, -0.2) is 0 Å². The second kappa shape index (κ2) is 5.51. The molecule has 104 valence electrons. The Morgan fingerprint density at radius 1 is 1.37 bits per heavy atom. The molecule has 1 aliphatic heterocycles. The summed E-state index contributed by atoms with van der Waals surface area (Å²) in [5.41, 5.74) is 0.541. The van der Waals surface area contributed by atoms with Gasteiger partial charge in [0, 0.05) is 11.1 Å². The van der Waals surface area contributed by atoms with Crippen LogP contribution in [0.3, 0.4) is 0 Å².